The van der Waals surface area contributed by atoms with Crippen LogP contribution < -0.4 is 0 Å². The van der Waals surface area contributed by atoms with Crippen molar-refractivity contribution >= 4 is 5.91 Å². The fourth-order valence-electron chi connectivity index (χ4n) is 3.41. The van der Waals surface area contributed by atoms with E-state index < -0.39 is 0 Å². The predicted molar refractivity (Wildman–Crippen MR) is 94.4 cm³/mol. The lowest BCUT2D eigenvalue weighted by molar-refractivity contribution is -0.135. The number of amides is 1. The fraction of sp³-hybridized carbons (Fsp3) is 0.474. The van der Waals surface area contributed by atoms with Gasteiger partial charge in [-0.25, -0.2) is 0 Å². The Bertz CT molecular complexity index is 649. The number of carbonyl (C=O) groups is 1. The van der Waals surface area contributed by atoms with Gasteiger partial charge >= 0.3 is 0 Å². The molecule has 3 rings (SSSR count). The maximum absolute atomic E-state index is 12.7. The van der Waals surface area contributed by atoms with Crippen molar-refractivity contribution in [3.8, 4) is 0 Å². The van der Waals surface area contributed by atoms with Crippen LogP contribution in [0.4, 0.5) is 0 Å². The maximum Gasteiger partial charge on any atom is 0.244 e. The lowest BCUT2D eigenvalue weighted by Crippen LogP contribution is -2.40. The summed E-state index contributed by atoms with van der Waals surface area (Å²) < 4.78 is 1.70. The normalized spacial score (nSPS) is 18.1. The molecule has 0 N–H and O–H groups in total. The molecule has 2 aromatic rings. The molecule has 24 heavy (non-hydrogen) atoms. The first-order valence-electron chi connectivity index (χ1n) is 8.64. The van der Waals surface area contributed by atoms with Gasteiger partial charge in [0.15, 0.2) is 0 Å². The van der Waals surface area contributed by atoms with E-state index in [9.17, 15) is 4.79 Å². The quantitative estimate of drug-likeness (QED) is 0.848. The number of hydrogen-bond donors (Lipinski definition) is 0. The van der Waals surface area contributed by atoms with Crippen molar-refractivity contribution in [1.82, 2.24) is 19.6 Å². The van der Waals surface area contributed by atoms with Crippen LogP contribution in [0.3, 0.4) is 0 Å². The number of carbonyl (C=O) groups excluding carboxylic acids is 1. The molecule has 1 aliphatic rings. The van der Waals surface area contributed by atoms with Crippen LogP contribution in [-0.4, -0.2) is 46.1 Å². The molecule has 5 nitrogen and oxygen atoms in total. The third-order valence-corrected chi connectivity index (χ3v) is 4.54. The van der Waals surface area contributed by atoms with Gasteiger partial charge in [-0.3, -0.25) is 9.48 Å². The molecule has 1 fully saturated rings. The molecule has 1 unspecified atom stereocenters. The summed E-state index contributed by atoms with van der Waals surface area (Å²) in [6.45, 7) is 2.10. The Labute approximate surface area is 143 Å². The molecule has 1 aromatic heterocycles. The van der Waals surface area contributed by atoms with Crippen LogP contribution in [0.25, 0.3) is 0 Å². The van der Waals surface area contributed by atoms with E-state index in [1.165, 1.54) is 17.5 Å². The molecule has 0 saturated carbocycles. The van der Waals surface area contributed by atoms with Crippen LogP contribution in [0, 0.1) is 0 Å². The number of hydrogen-bond acceptors (Lipinski definition) is 3. The minimum Gasteiger partial charge on any atom is -0.334 e. The zero-order valence-corrected chi connectivity index (χ0v) is 14.6. The van der Waals surface area contributed by atoms with Crippen LogP contribution in [0.15, 0.2) is 42.7 Å². The van der Waals surface area contributed by atoms with Gasteiger partial charge in [0.05, 0.1) is 6.04 Å². The Morgan fingerprint density at radius 3 is 2.71 bits per heavy atom. The highest BCUT2D eigenvalue weighted by molar-refractivity contribution is 5.76. The van der Waals surface area contributed by atoms with E-state index in [2.05, 4.69) is 48.4 Å². The lowest BCUT2D eigenvalue weighted by atomic mass is 9.94. The molecule has 0 radical (unpaired) electrons. The largest absolute Gasteiger partial charge is 0.334 e. The lowest BCUT2D eigenvalue weighted by Gasteiger charge is -2.36. The summed E-state index contributed by atoms with van der Waals surface area (Å²) in [6, 6.07) is 10.8. The second-order valence-electron chi connectivity index (χ2n) is 6.78. The molecule has 1 atom stereocenters. The van der Waals surface area contributed by atoms with E-state index in [1.54, 1.807) is 10.9 Å². The van der Waals surface area contributed by atoms with Gasteiger partial charge in [-0.15, -0.1) is 0 Å². The van der Waals surface area contributed by atoms with Crippen LogP contribution in [-0.2, 0) is 17.9 Å². The predicted octanol–water partition coefficient (Wildman–Crippen LogP) is 2.70. The van der Waals surface area contributed by atoms with Gasteiger partial charge in [-0.1, -0.05) is 24.3 Å². The average Bonchev–Trinajstić information content (AvgIpc) is 3.08. The van der Waals surface area contributed by atoms with Crippen LogP contribution >= 0.6 is 0 Å². The number of piperidine rings is 1. The van der Waals surface area contributed by atoms with Crippen molar-refractivity contribution in [2.75, 3.05) is 20.6 Å². The van der Waals surface area contributed by atoms with Gasteiger partial charge in [0, 0.05) is 25.5 Å². The molecule has 5 heteroatoms. The van der Waals surface area contributed by atoms with Crippen molar-refractivity contribution in [2.24, 2.45) is 0 Å². The molecule has 0 bridgehead atoms. The molecule has 1 saturated heterocycles. The standard InChI is InChI=1S/C19H26N4O/c1-21(2)14-16-7-9-17(10-8-16)18-6-3-4-13-23(18)19(24)15-22-12-5-11-20-22/h5,7-12,18H,3-4,6,13-15H2,1-2H3. The van der Waals surface area contributed by atoms with Gasteiger partial charge in [0.1, 0.15) is 6.54 Å². The highest BCUT2D eigenvalue weighted by Gasteiger charge is 2.28. The van der Waals surface area contributed by atoms with Crippen LogP contribution in [0.1, 0.15) is 36.4 Å². The van der Waals surface area contributed by atoms with E-state index >= 15 is 0 Å². The smallest absolute Gasteiger partial charge is 0.244 e. The minimum atomic E-state index is 0.153. The Morgan fingerprint density at radius 1 is 1.25 bits per heavy atom. The van der Waals surface area contributed by atoms with Crippen molar-refractivity contribution < 1.29 is 4.79 Å². The number of aromatic nitrogens is 2. The SMILES string of the molecule is CN(C)Cc1ccc(C2CCCCN2C(=O)Cn2cccn2)cc1. The fourth-order valence-corrected chi connectivity index (χ4v) is 3.41. The van der Waals surface area contributed by atoms with E-state index in [-0.39, 0.29) is 11.9 Å². The van der Waals surface area contributed by atoms with Crippen molar-refractivity contribution in [3.63, 3.8) is 0 Å². The van der Waals surface area contributed by atoms with Gasteiger partial charge in [0.2, 0.25) is 5.91 Å². The molecule has 1 amide bonds. The Morgan fingerprint density at radius 2 is 2.04 bits per heavy atom. The summed E-state index contributed by atoms with van der Waals surface area (Å²) in [6.07, 6.45) is 6.85. The molecule has 0 spiro atoms. The first-order chi connectivity index (χ1) is 11.6. The molecule has 128 valence electrons. The van der Waals surface area contributed by atoms with E-state index in [0.29, 0.717) is 6.54 Å². The average molecular weight is 326 g/mol. The van der Waals surface area contributed by atoms with Gasteiger partial charge in [0.25, 0.3) is 0 Å². The van der Waals surface area contributed by atoms with Crippen LogP contribution in [0.2, 0.25) is 0 Å². The second-order valence-corrected chi connectivity index (χ2v) is 6.78. The number of nitrogens with zero attached hydrogens (tertiary/aromatic N) is 4. The van der Waals surface area contributed by atoms with Gasteiger partial charge in [-0.05, 0) is 50.6 Å². The Hall–Kier alpha value is -2.14. The zero-order valence-electron chi connectivity index (χ0n) is 14.6. The van der Waals surface area contributed by atoms with Crippen molar-refractivity contribution in [3.05, 3.63) is 53.9 Å². The Kier molecular flexibility index (Phi) is 5.30. The molecule has 1 aromatic carbocycles. The minimum absolute atomic E-state index is 0.153. The first-order valence-corrected chi connectivity index (χ1v) is 8.64. The zero-order chi connectivity index (χ0) is 16.9. The van der Waals surface area contributed by atoms with Gasteiger partial charge < -0.3 is 9.80 Å². The summed E-state index contributed by atoms with van der Waals surface area (Å²) in [5.74, 6) is 0.153. The summed E-state index contributed by atoms with van der Waals surface area (Å²) >= 11 is 0. The van der Waals surface area contributed by atoms with E-state index in [4.69, 9.17) is 0 Å². The molecular weight excluding hydrogens is 300 g/mol. The third-order valence-electron chi connectivity index (χ3n) is 4.54. The van der Waals surface area contributed by atoms with Crippen molar-refractivity contribution in [2.45, 2.75) is 38.4 Å². The second kappa shape index (κ2) is 7.62. The third kappa shape index (κ3) is 4.03. The van der Waals surface area contributed by atoms with Crippen LogP contribution in [0.5, 0.6) is 0 Å². The van der Waals surface area contributed by atoms with Crippen molar-refractivity contribution in [1.29, 1.82) is 0 Å². The summed E-state index contributed by atoms with van der Waals surface area (Å²) in [5, 5.41) is 4.15. The first kappa shape index (κ1) is 16.7. The summed E-state index contributed by atoms with van der Waals surface area (Å²) in [4.78, 5) is 16.9. The highest BCUT2D eigenvalue weighted by Crippen LogP contribution is 2.31. The number of likely N-dealkylation sites (tertiary alicyclic amines) is 1. The summed E-state index contributed by atoms with van der Waals surface area (Å²) in [5.41, 5.74) is 2.54. The Balaban J connectivity index is 1.72. The van der Waals surface area contributed by atoms with E-state index in [1.807, 2.05) is 17.2 Å². The van der Waals surface area contributed by atoms with E-state index in [0.717, 1.165) is 25.9 Å². The summed E-state index contributed by atoms with van der Waals surface area (Å²) in [7, 11) is 4.15. The number of rotatable bonds is 5. The molecule has 2 heterocycles. The topological polar surface area (TPSA) is 41.4 Å². The molecule has 0 aliphatic carbocycles. The number of benzene rings is 1. The maximum atomic E-state index is 12.7. The monoisotopic (exact) mass is 326 g/mol. The molecule has 1 aliphatic heterocycles. The van der Waals surface area contributed by atoms with Gasteiger partial charge in [-0.2, -0.15) is 5.10 Å². The highest BCUT2D eigenvalue weighted by atomic mass is 16.2. The molecular formula is C19H26N4O.